The van der Waals surface area contributed by atoms with Gasteiger partial charge in [0, 0.05) is 5.56 Å². The van der Waals surface area contributed by atoms with Crippen molar-refractivity contribution in [1.82, 2.24) is 0 Å². The average molecular weight is 462 g/mol. The number of carbonyl (C=O) groups excluding carboxylic acids is 1. The third-order valence-corrected chi connectivity index (χ3v) is 5.91. The van der Waals surface area contributed by atoms with Gasteiger partial charge in [0.2, 0.25) is 0 Å². The molecule has 0 aromatic heterocycles. The molecule has 0 heterocycles. The van der Waals surface area contributed by atoms with E-state index in [1.165, 1.54) is 7.11 Å². The zero-order chi connectivity index (χ0) is 24.4. The second-order valence-electron chi connectivity index (χ2n) is 7.52. The van der Waals surface area contributed by atoms with Crippen molar-refractivity contribution >= 4 is 27.8 Å². The van der Waals surface area contributed by atoms with E-state index in [-0.39, 0.29) is 0 Å². The molecule has 0 saturated carbocycles. The number of ether oxygens (including phenoxy) is 6. The first-order valence-corrected chi connectivity index (χ1v) is 10.5. The van der Waals surface area contributed by atoms with Crippen LogP contribution in [-0.4, -0.2) is 48.9 Å². The quantitative estimate of drug-likeness (QED) is 0.252. The zero-order valence-corrected chi connectivity index (χ0v) is 20.0. The van der Waals surface area contributed by atoms with E-state index in [0.717, 1.165) is 33.4 Å². The lowest BCUT2D eigenvalue weighted by molar-refractivity contribution is 0.112. The Morgan fingerprint density at radius 3 is 1.29 bits per heavy atom. The molecule has 176 valence electrons. The molecular weight excluding hydrogens is 436 g/mol. The van der Waals surface area contributed by atoms with Gasteiger partial charge in [0.05, 0.1) is 42.7 Å². The Bertz CT molecular complexity index is 1320. The number of rotatable bonds is 8. The van der Waals surface area contributed by atoms with E-state index in [9.17, 15) is 4.79 Å². The fraction of sp³-hybridized carbons (Fsp3) is 0.222. The third-order valence-electron chi connectivity index (χ3n) is 5.91. The van der Waals surface area contributed by atoms with E-state index < -0.39 is 0 Å². The van der Waals surface area contributed by atoms with Crippen molar-refractivity contribution in [3.05, 3.63) is 48.0 Å². The molecule has 0 unspecified atom stereocenters. The van der Waals surface area contributed by atoms with Crippen molar-refractivity contribution in [3.8, 4) is 45.6 Å². The summed E-state index contributed by atoms with van der Waals surface area (Å²) in [6.45, 7) is 0. The minimum absolute atomic E-state index is 0.455. The van der Waals surface area contributed by atoms with Crippen LogP contribution in [0.2, 0.25) is 0 Å². The number of benzene rings is 4. The normalized spacial score (nSPS) is 10.8. The second-order valence-corrected chi connectivity index (χ2v) is 7.52. The van der Waals surface area contributed by atoms with Crippen LogP contribution < -0.4 is 28.4 Å². The summed E-state index contributed by atoms with van der Waals surface area (Å²) in [6, 6.07) is 13.2. The van der Waals surface area contributed by atoms with E-state index in [2.05, 4.69) is 0 Å². The van der Waals surface area contributed by atoms with Crippen molar-refractivity contribution in [3.63, 3.8) is 0 Å². The molecule has 0 fully saturated rings. The molecule has 0 saturated heterocycles. The summed E-state index contributed by atoms with van der Waals surface area (Å²) in [5.41, 5.74) is 1.95. The van der Waals surface area contributed by atoms with Gasteiger partial charge in [0.25, 0.3) is 0 Å². The standard InChI is InChI=1S/C27H26O7/c1-29-21-8-15-7-16-9-22(30-2)25(33-5)12-19(16)27(18(15)11-24(21)32-4)20-13-26(34-6)23(31-3)10-17(20)14-28/h7-14H,1-6H3. The van der Waals surface area contributed by atoms with Crippen LogP contribution in [0, 0.1) is 0 Å². The van der Waals surface area contributed by atoms with Gasteiger partial charge in [-0.3, -0.25) is 4.79 Å². The van der Waals surface area contributed by atoms with Crippen LogP contribution in [0.5, 0.6) is 34.5 Å². The minimum Gasteiger partial charge on any atom is -0.493 e. The van der Waals surface area contributed by atoms with Crippen LogP contribution in [0.15, 0.2) is 42.5 Å². The van der Waals surface area contributed by atoms with Gasteiger partial charge in [0.1, 0.15) is 0 Å². The molecule has 4 aromatic rings. The molecule has 34 heavy (non-hydrogen) atoms. The molecule has 0 N–H and O–H groups in total. The molecular formula is C27H26O7. The maximum absolute atomic E-state index is 12.2. The summed E-state index contributed by atoms with van der Waals surface area (Å²) >= 11 is 0. The molecule has 0 atom stereocenters. The highest BCUT2D eigenvalue weighted by Gasteiger charge is 2.20. The predicted molar refractivity (Wildman–Crippen MR) is 132 cm³/mol. The van der Waals surface area contributed by atoms with Crippen LogP contribution >= 0.6 is 0 Å². The maximum atomic E-state index is 12.2. The Morgan fingerprint density at radius 2 is 0.882 bits per heavy atom. The summed E-state index contributed by atoms with van der Waals surface area (Å²) in [4.78, 5) is 12.2. The highest BCUT2D eigenvalue weighted by molar-refractivity contribution is 6.16. The van der Waals surface area contributed by atoms with Gasteiger partial charge in [-0.25, -0.2) is 0 Å². The van der Waals surface area contributed by atoms with Gasteiger partial charge >= 0.3 is 0 Å². The van der Waals surface area contributed by atoms with Gasteiger partial charge in [-0.2, -0.15) is 0 Å². The number of fused-ring (bicyclic) bond motifs is 2. The Hall–Kier alpha value is -4.13. The lowest BCUT2D eigenvalue weighted by atomic mass is 9.89. The molecule has 0 aliphatic heterocycles. The van der Waals surface area contributed by atoms with Crippen LogP contribution in [0.3, 0.4) is 0 Å². The Labute approximate surface area is 197 Å². The van der Waals surface area contributed by atoms with Crippen LogP contribution in [0.25, 0.3) is 32.7 Å². The number of aldehydes is 1. The molecule has 4 rings (SSSR count). The number of methoxy groups -OCH3 is 6. The highest BCUT2D eigenvalue weighted by Crippen LogP contribution is 2.46. The van der Waals surface area contributed by atoms with Crippen LogP contribution in [-0.2, 0) is 0 Å². The van der Waals surface area contributed by atoms with E-state index in [4.69, 9.17) is 28.4 Å². The average Bonchev–Trinajstić information content (AvgIpc) is 2.89. The lowest BCUT2D eigenvalue weighted by Crippen LogP contribution is -1.98. The van der Waals surface area contributed by atoms with Gasteiger partial charge in [0.15, 0.2) is 40.8 Å². The topological polar surface area (TPSA) is 72.5 Å². The van der Waals surface area contributed by atoms with E-state index in [0.29, 0.717) is 45.6 Å². The molecule has 4 aromatic carbocycles. The van der Waals surface area contributed by atoms with Crippen molar-refractivity contribution in [2.45, 2.75) is 0 Å². The summed E-state index contributed by atoms with van der Waals surface area (Å²) in [7, 11) is 9.47. The largest absolute Gasteiger partial charge is 0.493 e. The van der Waals surface area contributed by atoms with Crippen molar-refractivity contribution in [2.24, 2.45) is 0 Å². The number of hydrogen-bond donors (Lipinski definition) is 0. The summed E-state index contributed by atoms with van der Waals surface area (Å²) in [5, 5.41) is 3.54. The smallest absolute Gasteiger partial charge is 0.161 e. The first-order chi connectivity index (χ1) is 16.5. The molecule has 0 radical (unpaired) electrons. The van der Waals surface area contributed by atoms with Crippen molar-refractivity contribution < 1.29 is 33.2 Å². The van der Waals surface area contributed by atoms with E-state index in [1.54, 1.807) is 41.6 Å². The Morgan fingerprint density at radius 1 is 0.500 bits per heavy atom. The second kappa shape index (κ2) is 9.39. The lowest BCUT2D eigenvalue weighted by Gasteiger charge is -2.19. The fourth-order valence-electron chi connectivity index (χ4n) is 4.27. The fourth-order valence-corrected chi connectivity index (χ4v) is 4.27. The van der Waals surface area contributed by atoms with Gasteiger partial charge < -0.3 is 28.4 Å². The zero-order valence-electron chi connectivity index (χ0n) is 20.0. The SMILES string of the molecule is COc1cc(C=O)c(-c2c3cc(OC)c(OC)cc3cc3cc(OC)c(OC)cc23)cc1OC. The van der Waals surface area contributed by atoms with Crippen LogP contribution in [0.4, 0.5) is 0 Å². The summed E-state index contributed by atoms with van der Waals surface area (Å²) < 4.78 is 33.2. The monoisotopic (exact) mass is 462 g/mol. The number of hydrogen-bond acceptors (Lipinski definition) is 7. The molecule has 7 heteroatoms. The van der Waals surface area contributed by atoms with Gasteiger partial charge in [-0.1, -0.05) is 0 Å². The van der Waals surface area contributed by atoms with Crippen LogP contribution in [0.1, 0.15) is 10.4 Å². The highest BCUT2D eigenvalue weighted by atomic mass is 16.5. The molecule has 0 bridgehead atoms. The summed E-state index contributed by atoms with van der Waals surface area (Å²) in [6.07, 6.45) is 0.809. The van der Waals surface area contributed by atoms with Crippen molar-refractivity contribution in [1.29, 1.82) is 0 Å². The van der Waals surface area contributed by atoms with Crippen molar-refractivity contribution in [2.75, 3.05) is 42.7 Å². The molecule has 7 nitrogen and oxygen atoms in total. The minimum atomic E-state index is 0.455. The summed E-state index contributed by atoms with van der Waals surface area (Å²) in [5.74, 6) is 3.33. The first-order valence-electron chi connectivity index (χ1n) is 10.5. The molecule has 0 spiro atoms. The molecule has 0 aliphatic rings. The number of carbonyl (C=O) groups is 1. The Balaban J connectivity index is 2.24. The van der Waals surface area contributed by atoms with E-state index >= 15 is 0 Å². The first kappa shape index (κ1) is 23.0. The third kappa shape index (κ3) is 3.69. The van der Waals surface area contributed by atoms with E-state index in [1.807, 2.05) is 36.4 Å². The molecule has 0 amide bonds. The van der Waals surface area contributed by atoms with Gasteiger partial charge in [-0.05, 0) is 75.1 Å². The predicted octanol–water partition coefficient (Wildman–Crippen LogP) is 5.52. The van der Waals surface area contributed by atoms with Gasteiger partial charge in [-0.15, -0.1) is 0 Å². The maximum Gasteiger partial charge on any atom is 0.161 e. The molecule has 0 aliphatic carbocycles. The Kier molecular flexibility index (Phi) is 6.36.